The summed E-state index contributed by atoms with van der Waals surface area (Å²) in [7, 11) is 1.67. The molecule has 0 radical (unpaired) electrons. The second-order valence-electron chi connectivity index (χ2n) is 5.07. The molecule has 1 fully saturated rings. The van der Waals surface area contributed by atoms with E-state index in [4.69, 9.17) is 24.7 Å². The zero-order valence-corrected chi connectivity index (χ0v) is 12.6. The van der Waals surface area contributed by atoms with Crippen molar-refractivity contribution in [3.05, 3.63) is 0 Å². The lowest BCUT2D eigenvalue weighted by molar-refractivity contribution is -0.149. The third-order valence-electron chi connectivity index (χ3n) is 3.40. The van der Waals surface area contributed by atoms with Gasteiger partial charge in [-0.25, -0.2) is 0 Å². The van der Waals surface area contributed by atoms with Gasteiger partial charge in [0.15, 0.2) is 0 Å². The smallest absolute Gasteiger partial charge is 0.326 e. The predicted molar refractivity (Wildman–Crippen MR) is 74.5 cm³/mol. The van der Waals surface area contributed by atoms with Gasteiger partial charge in [0.05, 0.1) is 25.9 Å². The van der Waals surface area contributed by atoms with Gasteiger partial charge in [-0.05, 0) is 26.2 Å². The normalized spacial score (nSPS) is 25.9. The summed E-state index contributed by atoms with van der Waals surface area (Å²) >= 11 is 0. The highest BCUT2D eigenvalue weighted by molar-refractivity contribution is 5.81. The molecule has 1 aliphatic carbocycles. The van der Waals surface area contributed by atoms with E-state index in [-0.39, 0.29) is 12.1 Å². The summed E-state index contributed by atoms with van der Waals surface area (Å²) in [4.78, 5) is 11.8. The number of carbonyl (C=O) groups is 1. The fourth-order valence-corrected chi connectivity index (χ4v) is 2.31. The van der Waals surface area contributed by atoms with Gasteiger partial charge in [-0.2, -0.15) is 0 Å². The molecule has 0 saturated heterocycles. The van der Waals surface area contributed by atoms with Gasteiger partial charge in [0.1, 0.15) is 5.54 Å². The SMILES string of the molecule is CCOC(=O)C1(N)CCC(OCCOCCCOC)C1. The van der Waals surface area contributed by atoms with Crippen LogP contribution in [-0.2, 0) is 23.7 Å². The lowest BCUT2D eigenvalue weighted by atomic mass is 9.99. The first-order valence-electron chi connectivity index (χ1n) is 7.26. The zero-order chi connectivity index (χ0) is 14.8. The highest BCUT2D eigenvalue weighted by atomic mass is 16.5. The minimum atomic E-state index is -0.875. The molecule has 1 saturated carbocycles. The van der Waals surface area contributed by atoms with Gasteiger partial charge in [-0.15, -0.1) is 0 Å². The molecular formula is C14H27NO5. The molecular weight excluding hydrogens is 262 g/mol. The number of ether oxygens (including phenoxy) is 4. The summed E-state index contributed by atoms with van der Waals surface area (Å²) in [6.07, 6.45) is 2.83. The Balaban J connectivity index is 2.10. The van der Waals surface area contributed by atoms with Crippen LogP contribution >= 0.6 is 0 Å². The van der Waals surface area contributed by atoms with Crippen molar-refractivity contribution in [2.24, 2.45) is 5.73 Å². The number of methoxy groups -OCH3 is 1. The topological polar surface area (TPSA) is 80.0 Å². The monoisotopic (exact) mass is 289 g/mol. The molecule has 2 N–H and O–H groups in total. The Morgan fingerprint density at radius 2 is 2.10 bits per heavy atom. The van der Waals surface area contributed by atoms with Gasteiger partial charge >= 0.3 is 5.97 Å². The summed E-state index contributed by atoms with van der Waals surface area (Å²) < 4.78 is 21.0. The van der Waals surface area contributed by atoms with Crippen LogP contribution in [0.3, 0.4) is 0 Å². The maximum atomic E-state index is 11.8. The average Bonchev–Trinajstić information content (AvgIpc) is 2.81. The molecule has 1 rings (SSSR count). The standard InChI is InChI=1S/C14H27NO5/c1-3-19-13(16)14(15)6-5-12(11-14)20-10-9-18-8-4-7-17-2/h12H,3-11,15H2,1-2H3. The van der Waals surface area contributed by atoms with E-state index in [0.29, 0.717) is 45.9 Å². The first kappa shape index (κ1) is 17.4. The van der Waals surface area contributed by atoms with E-state index < -0.39 is 5.54 Å². The Labute approximate surface area is 120 Å². The van der Waals surface area contributed by atoms with Crippen LogP contribution in [-0.4, -0.2) is 57.8 Å². The Hall–Kier alpha value is -0.690. The summed E-state index contributed by atoms with van der Waals surface area (Å²) in [6.45, 7) is 4.60. The highest BCUT2D eigenvalue weighted by Gasteiger charge is 2.43. The summed E-state index contributed by atoms with van der Waals surface area (Å²) in [5, 5.41) is 0. The van der Waals surface area contributed by atoms with Crippen molar-refractivity contribution in [1.29, 1.82) is 0 Å². The van der Waals surface area contributed by atoms with Crippen LogP contribution in [0.5, 0.6) is 0 Å². The number of rotatable bonds is 10. The van der Waals surface area contributed by atoms with Crippen LogP contribution in [0.2, 0.25) is 0 Å². The Morgan fingerprint density at radius 1 is 1.30 bits per heavy atom. The second-order valence-corrected chi connectivity index (χ2v) is 5.07. The van der Waals surface area contributed by atoms with Crippen molar-refractivity contribution < 1.29 is 23.7 Å². The first-order valence-corrected chi connectivity index (χ1v) is 7.26. The minimum absolute atomic E-state index is 0.0204. The van der Waals surface area contributed by atoms with Crippen molar-refractivity contribution >= 4 is 5.97 Å². The van der Waals surface area contributed by atoms with Gasteiger partial charge < -0.3 is 24.7 Å². The Kier molecular flexibility index (Phi) is 8.06. The van der Waals surface area contributed by atoms with Crippen LogP contribution in [0.1, 0.15) is 32.6 Å². The predicted octanol–water partition coefficient (Wildman–Crippen LogP) is 0.869. The quantitative estimate of drug-likeness (QED) is 0.475. The first-order chi connectivity index (χ1) is 9.62. The third-order valence-corrected chi connectivity index (χ3v) is 3.40. The molecule has 118 valence electrons. The highest BCUT2D eigenvalue weighted by Crippen LogP contribution is 2.30. The molecule has 0 aromatic carbocycles. The number of carbonyl (C=O) groups excluding carboxylic acids is 1. The molecule has 0 aromatic heterocycles. The van der Waals surface area contributed by atoms with Crippen molar-refractivity contribution in [2.45, 2.75) is 44.2 Å². The van der Waals surface area contributed by atoms with Crippen molar-refractivity contribution in [3.8, 4) is 0 Å². The van der Waals surface area contributed by atoms with Crippen molar-refractivity contribution in [1.82, 2.24) is 0 Å². The zero-order valence-electron chi connectivity index (χ0n) is 12.6. The molecule has 0 amide bonds. The molecule has 6 heteroatoms. The van der Waals surface area contributed by atoms with Gasteiger partial charge in [0.2, 0.25) is 0 Å². The van der Waals surface area contributed by atoms with Crippen LogP contribution in [0.25, 0.3) is 0 Å². The van der Waals surface area contributed by atoms with E-state index in [2.05, 4.69) is 0 Å². The molecule has 0 bridgehead atoms. The minimum Gasteiger partial charge on any atom is -0.465 e. The number of hydrogen-bond donors (Lipinski definition) is 1. The van der Waals surface area contributed by atoms with E-state index in [0.717, 1.165) is 12.8 Å². The lowest BCUT2D eigenvalue weighted by Gasteiger charge is -2.21. The second kappa shape index (κ2) is 9.28. The van der Waals surface area contributed by atoms with Gasteiger partial charge in [0, 0.05) is 26.7 Å². The number of nitrogens with two attached hydrogens (primary N) is 1. The molecule has 20 heavy (non-hydrogen) atoms. The summed E-state index contributed by atoms with van der Waals surface area (Å²) in [5.41, 5.74) is 5.19. The van der Waals surface area contributed by atoms with E-state index in [1.807, 2.05) is 0 Å². The fraction of sp³-hybridized carbons (Fsp3) is 0.929. The van der Waals surface area contributed by atoms with E-state index in [1.165, 1.54) is 0 Å². The maximum Gasteiger partial charge on any atom is 0.326 e. The van der Waals surface area contributed by atoms with E-state index in [9.17, 15) is 4.79 Å². The molecule has 2 atom stereocenters. The Bertz CT molecular complexity index is 287. The maximum absolute atomic E-state index is 11.8. The van der Waals surface area contributed by atoms with Crippen LogP contribution in [0, 0.1) is 0 Å². The van der Waals surface area contributed by atoms with E-state index >= 15 is 0 Å². The van der Waals surface area contributed by atoms with Gasteiger partial charge in [0.25, 0.3) is 0 Å². The molecule has 1 aliphatic rings. The van der Waals surface area contributed by atoms with Gasteiger partial charge in [-0.1, -0.05) is 0 Å². The molecule has 6 nitrogen and oxygen atoms in total. The van der Waals surface area contributed by atoms with Crippen molar-refractivity contribution in [3.63, 3.8) is 0 Å². The van der Waals surface area contributed by atoms with Crippen LogP contribution in [0.4, 0.5) is 0 Å². The van der Waals surface area contributed by atoms with Crippen LogP contribution in [0.15, 0.2) is 0 Å². The molecule has 0 heterocycles. The summed E-state index contributed by atoms with van der Waals surface area (Å²) in [5.74, 6) is -0.318. The average molecular weight is 289 g/mol. The van der Waals surface area contributed by atoms with Crippen molar-refractivity contribution in [2.75, 3.05) is 40.1 Å². The molecule has 0 aliphatic heterocycles. The number of esters is 1. The fourth-order valence-electron chi connectivity index (χ4n) is 2.31. The Morgan fingerprint density at radius 3 is 2.80 bits per heavy atom. The van der Waals surface area contributed by atoms with Crippen LogP contribution < -0.4 is 5.73 Å². The van der Waals surface area contributed by atoms with E-state index in [1.54, 1.807) is 14.0 Å². The molecule has 0 spiro atoms. The number of hydrogen-bond acceptors (Lipinski definition) is 6. The largest absolute Gasteiger partial charge is 0.465 e. The molecule has 2 unspecified atom stereocenters. The summed E-state index contributed by atoms with van der Waals surface area (Å²) in [6, 6.07) is 0. The lowest BCUT2D eigenvalue weighted by Crippen LogP contribution is -2.47. The third kappa shape index (κ3) is 5.75. The van der Waals surface area contributed by atoms with Gasteiger partial charge in [-0.3, -0.25) is 4.79 Å². The molecule has 0 aromatic rings.